The Morgan fingerprint density at radius 3 is 2.40 bits per heavy atom. The van der Waals surface area contributed by atoms with Gasteiger partial charge in [0.25, 0.3) is 11.8 Å². The molecule has 0 fully saturated rings. The summed E-state index contributed by atoms with van der Waals surface area (Å²) in [5.41, 5.74) is 8.42. The van der Waals surface area contributed by atoms with Crippen molar-refractivity contribution in [3.8, 4) is 11.5 Å². The monoisotopic (exact) mass is 406 g/mol. The van der Waals surface area contributed by atoms with Gasteiger partial charge in [-0.25, -0.2) is 10.9 Å². The number of hydrogen-bond donors (Lipinski definition) is 2. The maximum Gasteiger partial charge on any atom is 0.277 e. The molecule has 154 valence electrons. The van der Waals surface area contributed by atoms with Crippen molar-refractivity contribution in [3.05, 3.63) is 65.2 Å². The summed E-state index contributed by atoms with van der Waals surface area (Å²) in [6.45, 7) is 3.39. The molecule has 0 aliphatic carbocycles. The van der Waals surface area contributed by atoms with E-state index in [1.165, 1.54) is 0 Å². The number of hydrazone groups is 2. The van der Waals surface area contributed by atoms with Crippen molar-refractivity contribution >= 4 is 29.3 Å². The molecule has 1 aliphatic rings. The van der Waals surface area contributed by atoms with Crippen molar-refractivity contribution in [2.75, 3.05) is 13.7 Å². The summed E-state index contributed by atoms with van der Waals surface area (Å²) in [5.74, 6) is 0.684. The highest BCUT2D eigenvalue weighted by atomic mass is 16.5. The van der Waals surface area contributed by atoms with E-state index in [1.54, 1.807) is 51.3 Å². The van der Waals surface area contributed by atoms with E-state index in [1.807, 2.05) is 24.3 Å². The van der Waals surface area contributed by atoms with Gasteiger partial charge in [-0.05, 0) is 67.4 Å². The molecule has 2 N–H and O–H groups in total. The number of ether oxygens (including phenoxy) is 2. The molecule has 3 rings (SSSR count). The van der Waals surface area contributed by atoms with E-state index in [0.717, 1.165) is 16.9 Å². The molecule has 8 nitrogen and oxygen atoms in total. The first kappa shape index (κ1) is 20.8. The Labute approximate surface area is 174 Å². The number of amides is 2. The molecule has 30 heavy (non-hydrogen) atoms. The van der Waals surface area contributed by atoms with Crippen molar-refractivity contribution in [1.29, 1.82) is 0 Å². The average molecular weight is 406 g/mol. The van der Waals surface area contributed by atoms with Crippen LogP contribution in [0.5, 0.6) is 11.5 Å². The van der Waals surface area contributed by atoms with Crippen LogP contribution in [0.1, 0.15) is 25.0 Å². The Bertz CT molecular complexity index is 1020. The summed E-state index contributed by atoms with van der Waals surface area (Å²) in [7, 11) is 1.60. The second-order valence-corrected chi connectivity index (χ2v) is 6.51. The van der Waals surface area contributed by atoms with Crippen molar-refractivity contribution in [3.63, 3.8) is 0 Å². The maximum atomic E-state index is 12.0. The lowest BCUT2D eigenvalue weighted by Crippen LogP contribution is -2.25. The second kappa shape index (κ2) is 9.51. The fraction of sp³-hybridized carbons (Fsp3) is 0.182. The van der Waals surface area contributed by atoms with Crippen molar-refractivity contribution in [2.45, 2.75) is 13.8 Å². The van der Waals surface area contributed by atoms with Crippen LogP contribution in [0.25, 0.3) is 6.08 Å². The van der Waals surface area contributed by atoms with E-state index in [9.17, 15) is 9.59 Å². The highest BCUT2D eigenvalue weighted by Gasteiger charge is 2.18. The molecule has 0 saturated carbocycles. The van der Waals surface area contributed by atoms with Crippen LogP contribution in [0, 0.1) is 0 Å². The first-order valence-electron chi connectivity index (χ1n) is 9.23. The zero-order valence-corrected chi connectivity index (χ0v) is 16.9. The van der Waals surface area contributed by atoms with Crippen LogP contribution in [0.4, 0.5) is 0 Å². The number of nitrogens with zero attached hydrogens (tertiary/aromatic N) is 2. The molecule has 1 aliphatic heterocycles. The quantitative estimate of drug-likeness (QED) is 0.419. The van der Waals surface area contributed by atoms with E-state index in [2.05, 4.69) is 21.1 Å². The molecule has 2 aromatic carbocycles. The molecule has 0 spiro atoms. The highest BCUT2D eigenvalue weighted by molar-refractivity contribution is 6.26. The Morgan fingerprint density at radius 1 is 1.13 bits per heavy atom. The molecule has 0 radical (unpaired) electrons. The summed E-state index contributed by atoms with van der Waals surface area (Å²) in [6, 6.07) is 14.4. The second-order valence-electron chi connectivity index (χ2n) is 6.51. The van der Waals surface area contributed by atoms with Crippen LogP contribution in [0.15, 0.2) is 64.3 Å². The molecule has 0 unspecified atom stereocenters. The number of carbonyl (C=O) groups excluding carboxylic acids is 2. The van der Waals surface area contributed by atoms with Crippen LogP contribution in [-0.4, -0.2) is 37.0 Å². The minimum Gasteiger partial charge on any atom is -0.497 e. The smallest absolute Gasteiger partial charge is 0.277 e. The van der Waals surface area contributed by atoms with Crippen LogP contribution >= 0.6 is 0 Å². The van der Waals surface area contributed by atoms with Gasteiger partial charge in [0, 0.05) is 0 Å². The topological polar surface area (TPSA) is 101 Å². The number of methoxy groups -OCH3 is 1. The lowest BCUT2D eigenvalue weighted by atomic mass is 10.1. The van der Waals surface area contributed by atoms with Crippen LogP contribution in [0.3, 0.4) is 0 Å². The number of carbonyl (C=O) groups is 2. The van der Waals surface area contributed by atoms with Crippen LogP contribution < -0.4 is 20.3 Å². The molecule has 0 bridgehead atoms. The third-order valence-corrected chi connectivity index (χ3v) is 4.38. The average Bonchev–Trinajstić information content (AvgIpc) is 3.09. The summed E-state index contributed by atoms with van der Waals surface area (Å²) in [6.07, 6.45) is 1.74. The van der Waals surface area contributed by atoms with Crippen molar-refractivity contribution < 1.29 is 19.1 Å². The van der Waals surface area contributed by atoms with Gasteiger partial charge in [-0.15, -0.1) is 0 Å². The minimum atomic E-state index is -0.372. The maximum absolute atomic E-state index is 12.0. The zero-order valence-electron chi connectivity index (χ0n) is 16.9. The van der Waals surface area contributed by atoms with Gasteiger partial charge in [0.15, 0.2) is 6.61 Å². The summed E-state index contributed by atoms with van der Waals surface area (Å²) in [4.78, 5) is 23.7. The van der Waals surface area contributed by atoms with Gasteiger partial charge >= 0.3 is 0 Å². The Balaban J connectivity index is 1.51. The number of benzene rings is 2. The minimum absolute atomic E-state index is 0.173. The van der Waals surface area contributed by atoms with Crippen LogP contribution in [0.2, 0.25) is 0 Å². The van der Waals surface area contributed by atoms with Gasteiger partial charge < -0.3 is 9.47 Å². The largest absolute Gasteiger partial charge is 0.497 e. The number of hydrogen-bond acceptors (Lipinski definition) is 6. The predicted octanol–water partition coefficient (Wildman–Crippen LogP) is 2.50. The van der Waals surface area contributed by atoms with E-state index in [4.69, 9.17) is 9.47 Å². The Morgan fingerprint density at radius 2 is 1.80 bits per heavy atom. The van der Waals surface area contributed by atoms with Gasteiger partial charge in [0.2, 0.25) is 0 Å². The fourth-order valence-electron chi connectivity index (χ4n) is 2.64. The summed E-state index contributed by atoms with van der Waals surface area (Å²) >= 11 is 0. The van der Waals surface area contributed by atoms with E-state index < -0.39 is 0 Å². The Kier molecular flexibility index (Phi) is 6.59. The van der Waals surface area contributed by atoms with Crippen molar-refractivity contribution in [2.24, 2.45) is 10.2 Å². The van der Waals surface area contributed by atoms with Gasteiger partial charge in [-0.2, -0.15) is 10.2 Å². The molecule has 0 saturated heterocycles. The molecule has 8 heteroatoms. The first-order chi connectivity index (χ1) is 14.5. The standard InChI is InChI=1S/C22H22N4O4/c1-14(17-6-10-18(29-3)11-7-17)23-25-21(27)13-30-19-8-4-16(5-9-19)12-20-15(2)24-26-22(20)28/h4-12H,13H2,1-3H3,(H,25,27)(H,26,28)/b20-12-,23-14+. The molecule has 2 amide bonds. The zero-order chi connectivity index (χ0) is 21.5. The van der Waals surface area contributed by atoms with E-state index in [-0.39, 0.29) is 18.4 Å². The van der Waals surface area contributed by atoms with Crippen LogP contribution in [-0.2, 0) is 9.59 Å². The normalized spacial score (nSPS) is 14.9. The molecule has 2 aromatic rings. The van der Waals surface area contributed by atoms with Gasteiger partial charge in [0.05, 0.1) is 24.1 Å². The van der Waals surface area contributed by atoms with E-state index >= 15 is 0 Å². The molecule has 1 heterocycles. The SMILES string of the molecule is COc1ccc(/C(C)=N/NC(=O)COc2ccc(/C=C3\C(=O)NN=C3C)cc2)cc1. The molecule has 0 atom stereocenters. The fourth-order valence-corrected chi connectivity index (χ4v) is 2.64. The highest BCUT2D eigenvalue weighted by Crippen LogP contribution is 2.17. The van der Waals surface area contributed by atoms with Gasteiger partial charge in [-0.3, -0.25) is 9.59 Å². The van der Waals surface area contributed by atoms with Gasteiger partial charge in [-0.1, -0.05) is 12.1 Å². The van der Waals surface area contributed by atoms with Crippen molar-refractivity contribution in [1.82, 2.24) is 10.9 Å². The summed E-state index contributed by atoms with van der Waals surface area (Å²) in [5, 5.41) is 7.97. The predicted molar refractivity (Wildman–Crippen MR) is 115 cm³/mol. The van der Waals surface area contributed by atoms with E-state index in [0.29, 0.717) is 22.7 Å². The lowest BCUT2D eigenvalue weighted by molar-refractivity contribution is -0.123. The first-order valence-corrected chi connectivity index (χ1v) is 9.23. The lowest BCUT2D eigenvalue weighted by Gasteiger charge is -2.07. The van der Waals surface area contributed by atoms with Gasteiger partial charge in [0.1, 0.15) is 11.5 Å². The molecular weight excluding hydrogens is 384 g/mol. The molecular formula is C22H22N4O4. The summed E-state index contributed by atoms with van der Waals surface area (Å²) < 4.78 is 10.6. The Hall–Kier alpha value is -3.94. The number of nitrogens with one attached hydrogen (secondary N) is 2. The number of rotatable bonds is 7. The molecule has 0 aromatic heterocycles. The third kappa shape index (κ3) is 5.32. The third-order valence-electron chi connectivity index (χ3n) is 4.38.